The van der Waals surface area contributed by atoms with Gasteiger partial charge in [-0.05, 0) is 30.2 Å². The number of hydrogen-bond donors (Lipinski definition) is 0. The SMILES string of the molecule is C=C(C#Cc1cccc(OC)c1)N1CCN(c2ncccc2[N+](=O)[O-])CC1. The average Bonchev–Trinajstić information content (AvgIpc) is 2.72. The van der Waals surface area contributed by atoms with E-state index in [0.29, 0.717) is 32.0 Å². The van der Waals surface area contributed by atoms with Crippen LogP contribution in [-0.4, -0.2) is 48.1 Å². The topological polar surface area (TPSA) is 71.7 Å². The number of aromatic nitrogens is 1. The lowest BCUT2D eigenvalue weighted by atomic mass is 10.2. The Kier molecular flexibility index (Phi) is 5.57. The van der Waals surface area contributed by atoms with Gasteiger partial charge in [-0.2, -0.15) is 0 Å². The number of benzene rings is 1. The van der Waals surface area contributed by atoms with Gasteiger partial charge in [0.05, 0.1) is 17.7 Å². The zero-order valence-corrected chi connectivity index (χ0v) is 15.1. The summed E-state index contributed by atoms with van der Waals surface area (Å²) in [4.78, 5) is 19.0. The Balaban J connectivity index is 1.63. The van der Waals surface area contributed by atoms with Crippen LogP contribution in [0.3, 0.4) is 0 Å². The van der Waals surface area contributed by atoms with E-state index in [1.807, 2.05) is 29.2 Å². The van der Waals surface area contributed by atoms with E-state index in [1.54, 1.807) is 19.4 Å². The van der Waals surface area contributed by atoms with Crippen LogP contribution in [0.25, 0.3) is 0 Å². The average molecular weight is 364 g/mol. The quantitative estimate of drug-likeness (QED) is 0.472. The summed E-state index contributed by atoms with van der Waals surface area (Å²) in [6.45, 7) is 6.66. The third kappa shape index (κ3) is 4.36. The van der Waals surface area contributed by atoms with Crippen molar-refractivity contribution in [2.24, 2.45) is 0 Å². The van der Waals surface area contributed by atoms with Gasteiger partial charge >= 0.3 is 5.69 Å². The number of ether oxygens (including phenoxy) is 1. The Hall–Kier alpha value is -3.53. The largest absolute Gasteiger partial charge is 0.497 e. The number of allylic oxidation sites excluding steroid dienone is 1. The number of hydrogen-bond acceptors (Lipinski definition) is 6. The molecule has 3 rings (SSSR count). The number of nitro groups is 1. The monoisotopic (exact) mass is 364 g/mol. The van der Waals surface area contributed by atoms with Crippen LogP contribution in [0.4, 0.5) is 11.5 Å². The van der Waals surface area contributed by atoms with Gasteiger partial charge in [-0.25, -0.2) is 4.98 Å². The minimum atomic E-state index is -0.396. The van der Waals surface area contributed by atoms with Crippen LogP contribution in [0.1, 0.15) is 5.56 Å². The van der Waals surface area contributed by atoms with Crippen LogP contribution < -0.4 is 9.64 Å². The fourth-order valence-electron chi connectivity index (χ4n) is 2.89. The summed E-state index contributed by atoms with van der Waals surface area (Å²) in [7, 11) is 1.62. The summed E-state index contributed by atoms with van der Waals surface area (Å²) in [6.07, 6.45) is 1.58. The van der Waals surface area contributed by atoms with E-state index in [2.05, 4.69) is 28.3 Å². The summed E-state index contributed by atoms with van der Waals surface area (Å²) in [5, 5.41) is 11.2. The van der Waals surface area contributed by atoms with Crippen molar-refractivity contribution in [3.05, 3.63) is 70.5 Å². The summed E-state index contributed by atoms with van der Waals surface area (Å²) < 4.78 is 5.20. The maximum absolute atomic E-state index is 11.2. The van der Waals surface area contributed by atoms with Gasteiger partial charge in [0.15, 0.2) is 0 Å². The molecule has 0 radical (unpaired) electrons. The number of pyridine rings is 1. The first-order chi connectivity index (χ1) is 13.1. The van der Waals surface area contributed by atoms with Crippen molar-refractivity contribution < 1.29 is 9.66 Å². The highest BCUT2D eigenvalue weighted by atomic mass is 16.6. The molecule has 0 spiro atoms. The first kappa shape index (κ1) is 18.3. The highest BCUT2D eigenvalue weighted by molar-refractivity contribution is 5.57. The zero-order valence-electron chi connectivity index (χ0n) is 15.1. The highest BCUT2D eigenvalue weighted by Crippen LogP contribution is 2.26. The van der Waals surface area contributed by atoms with E-state index < -0.39 is 4.92 Å². The minimum absolute atomic E-state index is 0.0302. The molecule has 0 unspecified atom stereocenters. The molecule has 0 atom stereocenters. The van der Waals surface area contributed by atoms with E-state index in [0.717, 1.165) is 17.0 Å². The van der Waals surface area contributed by atoms with E-state index in [-0.39, 0.29) is 5.69 Å². The smallest absolute Gasteiger partial charge is 0.311 e. The lowest BCUT2D eigenvalue weighted by molar-refractivity contribution is -0.384. The lowest BCUT2D eigenvalue weighted by Gasteiger charge is -2.35. The molecule has 1 saturated heterocycles. The Bertz CT molecular complexity index is 909. The van der Waals surface area contributed by atoms with Crippen molar-refractivity contribution in [3.8, 4) is 17.6 Å². The van der Waals surface area contributed by atoms with Crippen LogP contribution in [0.15, 0.2) is 54.9 Å². The molecule has 7 nitrogen and oxygen atoms in total. The Morgan fingerprint density at radius 1 is 1.26 bits per heavy atom. The van der Waals surface area contributed by atoms with E-state index >= 15 is 0 Å². The van der Waals surface area contributed by atoms with Crippen LogP contribution in [-0.2, 0) is 0 Å². The normalized spacial score (nSPS) is 13.5. The number of nitrogens with zero attached hydrogens (tertiary/aromatic N) is 4. The Labute approximate surface area is 158 Å². The van der Waals surface area contributed by atoms with Crippen molar-refractivity contribution in [1.29, 1.82) is 0 Å². The second kappa shape index (κ2) is 8.23. The lowest BCUT2D eigenvalue weighted by Crippen LogP contribution is -2.46. The Morgan fingerprint density at radius 3 is 2.74 bits per heavy atom. The van der Waals surface area contributed by atoms with E-state index in [9.17, 15) is 10.1 Å². The molecule has 0 saturated carbocycles. The van der Waals surface area contributed by atoms with Crippen molar-refractivity contribution in [2.45, 2.75) is 0 Å². The molecule has 7 heteroatoms. The molecule has 2 heterocycles. The molecule has 1 aromatic carbocycles. The molecular weight excluding hydrogens is 344 g/mol. The molecule has 2 aromatic rings. The summed E-state index contributed by atoms with van der Waals surface area (Å²) in [6, 6.07) is 10.6. The predicted molar refractivity (Wildman–Crippen MR) is 104 cm³/mol. The number of rotatable bonds is 4. The summed E-state index contributed by atoms with van der Waals surface area (Å²) in [5.41, 5.74) is 1.62. The van der Waals surface area contributed by atoms with Crippen molar-refractivity contribution >= 4 is 11.5 Å². The van der Waals surface area contributed by atoms with Crippen molar-refractivity contribution in [3.63, 3.8) is 0 Å². The highest BCUT2D eigenvalue weighted by Gasteiger charge is 2.24. The van der Waals surface area contributed by atoms with Gasteiger partial charge in [-0.3, -0.25) is 10.1 Å². The second-order valence-electron chi connectivity index (χ2n) is 6.01. The molecule has 138 valence electrons. The van der Waals surface area contributed by atoms with Gasteiger partial charge in [0.1, 0.15) is 5.75 Å². The molecular formula is C20H20N4O3. The standard InChI is InChI=1S/C20H20N4O3/c1-16(8-9-17-5-3-6-18(15-17)27-2)22-11-13-23(14-12-22)20-19(24(25)26)7-4-10-21-20/h3-7,10,15H,1,11-14H2,2H3. The van der Waals surface area contributed by atoms with Crippen LogP contribution >= 0.6 is 0 Å². The maximum atomic E-state index is 11.2. The fraction of sp³-hybridized carbons (Fsp3) is 0.250. The molecule has 1 aliphatic rings. The zero-order chi connectivity index (χ0) is 19.2. The van der Waals surface area contributed by atoms with Crippen molar-refractivity contribution in [1.82, 2.24) is 9.88 Å². The molecule has 1 aromatic heterocycles. The molecule has 0 aliphatic carbocycles. The first-order valence-electron chi connectivity index (χ1n) is 8.53. The van der Waals surface area contributed by atoms with Gasteiger partial charge in [0.25, 0.3) is 0 Å². The van der Waals surface area contributed by atoms with Gasteiger partial charge in [0, 0.05) is 44.0 Å². The van der Waals surface area contributed by atoms with Gasteiger partial charge in [0.2, 0.25) is 5.82 Å². The van der Waals surface area contributed by atoms with Gasteiger partial charge in [-0.15, -0.1) is 0 Å². The van der Waals surface area contributed by atoms with Crippen LogP contribution in [0.2, 0.25) is 0 Å². The molecule has 27 heavy (non-hydrogen) atoms. The molecule has 1 fully saturated rings. The maximum Gasteiger partial charge on any atom is 0.311 e. The number of piperazine rings is 1. The third-order valence-corrected chi connectivity index (χ3v) is 4.34. The third-order valence-electron chi connectivity index (χ3n) is 4.34. The second-order valence-corrected chi connectivity index (χ2v) is 6.01. The fourth-order valence-corrected chi connectivity index (χ4v) is 2.89. The molecule has 0 N–H and O–H groups in total. The number of anilines is 1. The predicted octanol–water partition coefficient (Wildman–Crippen LogP) is 2.69. The summed E-state index contributed by atoms with van der Waals surface area (Å²) in [5.74, 6) is 7.36. The van der Waals surface area contributed by atoms with Gasteiger partial charge in [-0.1, -0.05) is 18.6 Å². The molecule has 1 aliphatic heterocycles. The van der Waals surface area contributed by atoms with Crippen molar-refractivity contribution in [2.75, 3.05) is 38.2 Å². The molecule has 0 bridgehead atoms. The van der Waals surface area contributed by atoms with Gasteiger partial charge < -0.3 is 14.5 Å². The van der Waals surface area contributed by atoms with Crippen LogP contribution in [0.5, 0.6) is 5.75 Å². The minimum Gasteiger partial charge on any atom is -0.497 e. The molecule has 0 amide bonds. The Morgan fingerprint density at radius 2 is 2.04 bits per heavy atom. The summed E-state index contributed by atoms with van der Waals surface area (Å²) >= 11 is 0. The van der Waals surface area contributed by atoms with E-state index in [4.69, 9.17) is 4.74 Å². The first-order valence-corrected chi connectivity index (χ1v) is 8.53. The number of methoxy groups -OCH3 is 1. The van der Waals surface area contributed by atoms with E-state index in [1.165, 1.54) is 6.07 Å². The van der Waals surface area contributed by atoms with Crippen LogP contribution in [0, 0.1) is 22.0 Å².